The fraction of sp³-hybridized carbons (Fsp3) is 0.233. The molecule has 1 unspecified atom stereocenters. The predicted molar refractivity (Wildman–Crippen MR) is 135 cm³/mol. The van der Waals surface area contributed by atoms with Crippen LogP contribution in [0.4, 0.5) is 0 Å². The Morgan fingerprint density at radius 3 is 2.47 bits per heavy atom. The van der Waals surface area contributed by atoms with Gasteiger partial charge in [-0.2, -0.15) is 0 Å². The Hall–Kier alpha value is -3.39. The number of aryl methyl sites for hydroxylation is 2. The van der Waals surface area contributed by atoms with Gasteiger partial charge in [0.25, 0.3) is 0 Å². The maximum Gasteiger partial charge on any atom is 0.145 e. The number of aromatic hydroxyl groups is 1. The first-order chi connectivity index (χ1) is 15.7. The van der Waals surface area contributed by atoms with Gasteiger partial charge in [0.2, 0.25) is 0 Å². The van der Waals surface area contributed by atoms with E-state index in [1.54, 1.807) is 5.56 Å². The molecule has 0 bridgehead atoms. The van der Waals surface area contributed by atoms with E-state index in [2.05, 4.69) is 60.4 Å². The first-order valence-corrected chi connectivity index (χ1v) is 11.7. The topological polar surface area (TPSA) is 33.1 Å². The summed E-state index contributed by atoms with van der Waals surface area (Å²) in [5.41, 5.74) is 6.61. The van der Waals surface area contributed by atoms with E-state index in [1.807, 2.05) is 25.1 Å². The van der Waals surface area contributed by atoms with E-state index >= 15 is 0 Å². The lowest BCUT2D eigenvalue weighted by Crippen LogP contribution is -2.09. The maximum atomic E-state index is 11.1. The van der Waals surface area contributed by atoms with Crippen molar-refractivity contribution in [2.75, 3.05) is 0 Å². The summed E-state index contributed by atoms with van der Waals surface area (Å²) in [4.78, 5) is 4.61. The van der Waals surface area contributed by atoms with Crippen molar-refractivity contribution in [2.45, 2.75) is 45.4 Å². The van der Waals surface area contributed by atoms with E-state index < -0.39 is 0 Å². The molecule has 0 fully saturated rings. The molecule has 6 rings (SSSR count). The van der Waals surface area contributed by atoms with Crippen LogP contribution in [0.25, 0.3) is 43.6 Å². The number of fused-ring (bicyclic) bond motifs is 6. The molecular weight excluding hydrogens is 390 g/mol. The molecule has 4 aromatic carbocycles. The molecule has 0 spiro atoms. The van der Waals surface area contributed by atoms with Crippen LogP contribution in [-0.2, 0) is 6.42 Å². The van der Waals surface area contributed by atoms with Crippen molar-refractivity contribution in [3.63, 3.8) is 0 Å². The molecule has 1 N–H and O–H groups in total. The summed E-state index contributed by atoms with van der Waals surface area (Å²) in [6, 6.07) is 23.8. The van der Waals surface area contributed by atoms with Gasteiger partial charge in [0.15, 0.2) is 0 Å². The summed E-state index contributed by atoms with van der Waals surface area (Å²) < 4.78 is 0. The number of aromatic nitrogens is 1. The standard InChI is InChI=1S/C30H27NO/c1-3-19-8-6-9-20-14-15-22-21-11-7-12-24(23(21)16-17-25(22)28(19)20)29-26-10-4-5-13-27(26)31-18(2)30(29)32/h4-5,7,10-17,19,32H,3,6,8-9H2,1-2H3. The first kappa shape index (κ1) is 19.3. The summed E-state index contributed by atoms with van der Waals surface area (Å²) in [6.45, 7) is 4.19. The second-order valence-electron chi connectivity index (χ2n) is 9.14. The summed E-state index contributed by atoms with van der Waals surface area (Å²) in [6.07, 6.45) is 4.97. The molecule has 32 heavy (non-hydrogen) atoms. The van der Waals surface area contributed by atoms with Crippen molar-refractivity contribution < 1.29 is 5.11 Å². The second-order valence-corrected chi connectivity index (χ2v) is 9.14. The van der Waals surface area contributed by atoms with E-state index in [1.165, 1.54) is 52.8 Å². The normalized spacial score (nSPS) is 16.0. The maximum absolute atomic E-state index is 11.1. The van der Waals surface area contributed by atoms with Crippen LogP contribution >= 0.6 is 0 Å². The average Bonchev–Trinajstić information content (AvgIpc) is 2.83. The summed E-state index contributed by atoms with van der Waals surface area (Å²) in [5.74, 6) is 0.923. The van der Waals surface area contributed by atoms with Gasteiger partial charge in [0, 0.05) is 10.9 Å². The number of hydrogen-bond donors (Lipinski definition) is 1. The Balaban J connectivity index is 1.69. The molecule has 0 amide bonds. The highest BCUT2D eigenvalue weighted by Gasteiger charge is 2.22. The minimum Gasteiger partial charge on any atom is -0.505 e. The van der Waals surface area contributed by atoms with Crippen LogP contribution < -0.4 is 0 Å². The summed E-state index contributed by atoms with van der Waals surface area (Å²) in [5, 5.41) is 17.2. The van der Waals surface area contributed by atoms with Gasteiger partial charge in [-0.3, -0.25) is 0 Å². The average molecular weight is 418 g/mol. The molecule has 0 radical (unpaired) electrons. The third-order valence-corrected chi connectivity index (χ3v) is 7.40. The predicted octanol–water partition coefficient (Wildman–Crippen LogP) is 8.05. The fourth-order valence-corrected chi connectivity index (χ4v) is 5.85. The molecule has 5 aromatic rings. The molecule has 2 heteroatoms. The highest BCUT2D eigenvalue weighted by atomic mass is 16.3. The van der Waals surface area contributed by atoms with Crippen LogP contribution in [-0.4, -0.2) is 10.1 Å². The van der Waals surface area contributed by atoms with Crippen molar-refractivity contribution in [1.29, 1.82) is 0 Å². The SMILES string of the molecule is CCC1CCCc2ccc3c(ccc4c(-c5c(O)c(C)nc6ccccc56)cccc43)c21. The summed E-state index contributed by atoms with van der Waals surface area (Å²) >= 11 is 0. The molecule has 1 aliphatic carbocycles. The minimum absolute atomic E-state index is 0.271. The first-order valence-electron chi connectivity index (χ1n) is 11.7. The zero-order chi connectivity index (χ0) is 21.8. The largest absolute Gasteiger partial charge is 0.505 e. The van der Waals surface area contributed by atoms with E-state index in [0.29, 0.717) is 11.6 Å². The third-order valence-electron chi connectivity index (χ3n) is 7.40. The number of hydrogen-bond acceptors (Lipinski definition) is 2. The monoisotopic (exact) mass is 417 g/mol. The highest BCUT2D eigenvalue weighted by Crippen LogP contribution is 2.44. The molecule has 1 atom stereocenters. The van der Waals surface area contributed by atoms with Crippen LogP contribution in [0.5, 0.6) is 5.75 Å². The number of para-hydroxylation sites is 1. The van der Waals surface area contributed by atoms with Gasteiger partial charge in [-0.25, -0.2) is 4.98 Å². The summed E-state index contributed by atoms with van der Waals surface area (Å²) in [7, 11) is 0. The quantitative estimate of drug-likeness (QED) is 0.295. The Kier molecular flexibility index (Phi) is 4.43. The van der Waals surface area contributed by atoms with Crippen LogP contribution in [0.1, 0.15) is 48.9 Å². The van der Waals surface area contributed by atoms with Crippen LogP contribution in [0.3, 0.4) is 0 Å². The lowest BCUT2D eigenvalue weighted by Gasteiger charge is -2.27. The molecule has 0 saturated heterocycles. The van der Waals surface area contributed by atoms with Crippen LogP contribution in [0.15, 0.2) is 66.7 Å². The van der Waals surface area contributed by atoms with Crippen molar-refractivity contribution >= 4 is 32.4 Å². The molecule has 0 aliphatic heterocycles. The van der Waals surface area contributed by atoms with E-state index in [0.717, 1.165) is 22.0 Å². The van der Waals surface area contributed by atoms with Gasteiger partial charge in [-0.1, -0.05) is 67.6 Å². The fourth-order valence-electron chi connectivity index (χ4n) is 5.85. The van der Waals surface area contributed by atoms with E-state index in [4.69, 9.17) is 0 Å². The third kappa shape index (κ3) is 2.75. The van der Waals surface area contributed by atoms with E-state index in [9.17, 15) is 5.11 Å². The zero-order valence-electron chi connectivity index (χ0n) is 18.7. The minimum atomic E-state index is 0.271. The van der Waals surface area contributed by atoms with Crippen molar-refractivity contribution in [1.82, 2.24) is 4.98 Å². The number of benzene rings is 4. The van der Waals surface area contributed by atoms with Gasteiger partial charge in [0.05, 0.1) is 11.2 Å². The van der Waals surface area contributed by atoms with Crippen molar-refractivity contribution in [3.8, 4) is 16.9 Å². The molecular formula is C30H27NO. The van der Waals surface area contributed by atoms with Gasteiger partial charge in [0.1, 0.15) is 5.75 Å². The van der Waals surface area contributed by atoms with Crippen molar-refractivity contribution in [2.24, 2.45) is 0 Å². The lowest BCUT2D eigenvalue weighted by molar-refractivity contribution is 0.471. The molecule has 1 aliphatic rings. The second kappa shape index (κ2) is 7.34. The lowest BCUT2D eigenvalue weighted by atomic mass is 9.78. The highest BCUT2D eigenvalue weighted by molar-refractivity contribution is 6.15. The number of rotatable bonds is 2. The Bertz CT molecular complexity index is 1510. The molecule has 0 saturated carbocycles. The van der Waals surface area contributed by atoms with Gasteiger partial charge in [-0.05, 0) is 82.8 Å². The van der Waals surface area contributed by atoms with E-state index in [-0.39, 0.29) is 5.75 Å². The van der Waals surface area contributed by atoms with Crippen LogP contribution in [0, 0.1) is 6.92 Å². The smallest absolute Gasteiger partial charge is 0.145 e. The van der Waals surface area contributed by atoms with Gasteiger partial charge in [-0.15, -0.1) is 0 Å². The number of nitrogens with zero attached hydrogens (tertiary/aromatic N) is 1. The zero-order valence-corrected chi connectivity index (χ0v) is 18.7. The van der Waals surface area contributed by atoms with Crippen LogP contribution in [0.2, 0.25) is 0 Å². The Morgan fingerprint density at radius 1 is 0.844 bits per heavy atom. The van der Waals surface area contributed by atoms with Gasteiger partial charge >= 0.3 is 0 Å². The molecule has 1 aromatic heterocycles. The number of pyridine rings is 1. The Labute approximate surface area is 188 Å². The molecule has 158 valence electrons. The molecule has 1 heterocycles. The van der Waals surface area contributed by atoms with Crippen molar-refractivity contribution in [3.05, 3.63) is 83.6 Å². The van der Waals surface area contributed by atoms with Gasteiger partial charge < -0.3 is 5.11 Å². The molecule has 2 nitrogen and oxygen atoms in total. The Morgan fingerprint density at radius 2 is 1.59 bits per heavy atom.